The molecule has 1 aromatic rings. The van der Waals surface area contributed by atoms with Crippen molar-refractivity contribution in [2.45, 2.75) is 31.8 Å². The van der Waals surface area contributed by atoms with Gasteiger partial charge < -0.3 is 24.6 Å². The highest BCUT2D eigenvalue weighted by Crippen LogP contribution is 2.38. The maximum Gasteiger partial charge on any atom is 0.256 e. The molecule has 3 aliphatic heterocycles. The molecule has 0 saturated carbocycles. The standard InChI is InChI=1S/C19H27N3O3/c23-19(17-14-24-12-13-25-17)20-18-15(21-8-1-2-9-21)6-5-7-16(18)22-10-3-4-11-22/h5-7,17H,1-4,8-14H2,(H,20,23). The molecule has 4 rings (SSSR count). The van der Waals surface area contributed by atoms with E-state index in [1.807, 2.05) is 0 Å². The first-order valence-corrected chi connectivity index (χ1v) is 9.46. The normalized spacial score (nSPS) is 23.9. The summed E-state index contributed by atoms with van der Waals surface area (Å²) in [5.74, 6) is -0.105. The Bertz CT molecular complexity index is 570. The minimum atomic E-state index is -0.521. The number of hydrogen-bond donors (Lipinski definition) is 1. The zero-order chi connectivity index (χ0) is 17.1. The van der Waals surface area contributed by atoms with Gasteiger partial charge in [-0.05, 0) is 37.8 Å². The molecule has 6 heteroatoms. The van der Waals surface area contributed by atoms with Gasteiger partial charge in [0.2, 0.25) is 0 Å². The van der Waals surface area contributed by atoms with Gasteiger partial charge in [-0.15, -0.1) is 0 Å². The Morgan fingerprint density at radius 1 is 0.960 bits per heavy atom. The number of rotatable bonds is 4. The molecule has 1 atom stereocenters. The second kappa shape index (κ2) is 7.62. The van der Waals surface area contributed by atoms with Crippen LogP contribution in [0.5, 0.6) is 0 Å². The third-order valence-corrected chi connectivity index (χ3v) is 5.27. The number of carbonyl (C=O) groups is 1. The first-order chi connectivity index (χ1) is 12.3. The number of nitrogens with one attached hydrogen (secondary N) is 1. The monoisotopic (exact) mass is 345 g/mol. The van der Waals surface area contributed by atoms with E-state index >= 15 is 0 Å². The topological polar surface area (TPSA) is 54.0 Å². The smallest absolute Gasteiger partial charge is 0.256 e. The minimum Gasteiger partial charge on any atom is -0.376 e. The number of nitrogens with zero attached hydrogens (tertiary/aromatic N) is 2. The molecule has 0 bridgehead atoms. The lowest BCUT2D eigenvalue weighted by atomic mass is 10.1. The third-order valence-electron chi connectivity index (χ3n) is 5.27. The maximum atomic E-state index is 12.7. The van der Waals surface area contributed by atoms with Gasteiger partial charge in [0.1, 0.15) is 0 Å². The Morgan fingerprint density at radius 3 is 2.08 bits per heavy atom. The summed E-state index contributed by atoms with van der Waals surface area (Å²) in [6.45, 7) is 5.57. The number of benzene rings is 1. The van der Waals surface area contributed by atoms with Crippen LogP contribution in [-0.2, 0) is 14.3 Å². The fourth-order valence-corrected chi connectivity index (χ4v) is 3.94. The summed E-state index contributed by atoms with van der Waals surface area (Å²) in [7, 11) is 0. The molecule has 6 nitrogen and oxygen atoms in total. The summed E-state index contributed by atoms with van der Waals surface area (Å²) in [4.78, 5) is 17.5. The Balaban J connectivity index is 1.62. The molecule has 0 aliphatic carbocycles. The molecular formula is C19H27N3O3. The van der Waals surface area contributed by atoms with Crippen LogP contribution in [0, 0.1) is 0 Å². The number of ether oxygens (including phenoxy) is 2. The fraction of sp³-hybridized carbons (Fsp3) is 0.632. The van der Waals surface area contributed by atoms with Crippen molar-refractivity contribution >= 4 is 23.0 Å². The second-order valence-corrected chi connectivity index (χ2v) is 6.98. The van der Waals surface area contributed by atoms with Gasteiger partial charge in [-0.3, -0.25) is 4.79 Å². The zero-order valence-electron chi connectivity index (χ0n) is 14.7. The lowest BCUT2D eigenvalue weighted by molar-refractivity contribution is -0.142. The van der Waals surface area contributed by atoms with Crippen LogP contribution in [0.3, 0.4) is 0 Å². The molecule has 25 heavy (non-hydrogen) atoms. The predicted octanol–water partition coefficient (Wildman–Crippen LogP) is 2.24. The van der Waals surface area contributed by atoms with E-state index in [-0.39, 0.29) is 5.91 Å². The van der Waals surface area contributed by atoms with Crippen LogP contribution in [0.1, 0.15) is 25.7 Å². The maximum absolute atomic E-state index is 12.7. The molecule has 3 heterocycles. The van der Waals surface area contributed by atoms with E-state index in [9.17, 15) is 4.79 Å². The van der Waals surface area contributed by atoms with E-state index in [0.29, 0.717) is 19.8 Å². The van der Waals surface area contributed by atoms with Crippen molar-refractivity contribution < 1.29 is 14.3 Å². The van der Waals surface area contributed by atoms with E-state index < -0.39 is 6.10 Å². The van der Waals surface area contributed by atoms with Crippen molar-refractivity contribution in [3.63, 3.8) is 0 Å². The molecule has 136 valence electrons. The molecule has 3 fully saturated rings. The predicted molar refractivity (Wildman–Crippen MR) is 98.5 cm³/mol. The van der Waals surface area contributed by atoms with Gasteiger partial charge in [0.05, 0.1) is 36.9 Å². The van der Waals surface area contributed by atoms with Crippen molar-refractivity contribution in [2.24, 2.45) is 0 Å². The molecule has 0 radical (unpaired) electrons. The van der Waals surface area contributed by atoms with Crippen LogP contribution in [0.4, 0.5) is 17.1 Å². The van der Waals surface area contributed by atoms with Crippen molar-refractivity contribution in [1.29, 1.82) is 0 Å². The Labute approximate surface area is 149 Å². The number of carbonyl (C=O) groups excluding carboxylic acids is 1. The summed E-state index contributed by atoms with van der Waals surface area (Å²) in [6, 6.07) is 6.36. The highest BCUT2D eigenvalue weighted by Gasteiger charge is 2.27. The second-order valence-electron chi connectivity index (χ2n) is 6.98. The van der Waals surface area contributed by atoms with Crippen LogP contribution in [0.2, 0.25) is 0 Å². The van der Waals surface area contributed by atoms with Crippen molar-refractivity contribution in [3.05, 3.63) is 18.2 Å². The van der Waals surface area contributed by atoms with Gasteiger partial charge in [0.15, 0.2) is 6.10 Å². The lowest BCUT2D eigenvalue weighted by Gasteiger charge is -2.29. The summed E-state index contributed by atoms with van der Waals surface area (Å²) >= 11 is 0. The Kier molecular flexibility index (Phi) is 5.08. The van der Waals surface area contributed by atoms with Crippen LogP contribution in [-0.4, -0.2) is 58.0 Å². The summed E-state index contributed by atoms with van der Waals surface area (Å²) in [6.07, 6.45) is 4.32. The first-order valence-electron chi connectivity index (χ1n) is 9.46. The Morgan fingerprint density at radius 2 is 1.56 bits per heavy atom. The highest BCUT2D eigenvalue weighted by molar-refractivity contribution is 6.01. The third kappa shape index (κ3) is 3.60. The molecule has 1 unspecified atom stereocenters. The first kappa shape index (κ1) is 16.7. The number of amides is 1. The van der Waals surface area contributed by atoms with E-state index in [4.69, 9.17) is 9.47 Å². The van der Waals surface area contributed by atoms with Crippen molar-refractivity contribution in [3.8, 4) is 0 Å². The molecular weight excluding hydrogens is 318 g/mol. The number of para-hydroxylation sites is 1. The minimum absolute atomic E-state index is 0.105. The lowest BCUT2D eigenvalue weighted by Crippen LogP contribution is -2.39. The van der Waals surface area contributed by atoms with E-state index in [1.165, 1.54) is 25.7 Å². The molecule has 1 amide bonds. The average molecular weight is 345 g/mol. The summed E-state index contributed by atoms with van der Waals surface area (Å²) in [5.41, 5.74) is 3.20. The van der Waals surface area contributed by atoms with Crippen LogP contribution in [0.25, 0.3) is 0 Å². The highest BCUT2D eigenvalue weighted by atomic mass is 16.6. The van der Waals surface area contributed by atoms with Gasteiger partial charge in [-0.1, -0.05) is 6.07 Å². The van der Waals surface area contributed by atoms with Gasteiger partial charge in [-0.2, -0.15) is 0 Å². The van der Waals surface area contributed by atoms with Crippen molar-refractivity contribution in [2.75, 3.05) is 61.1 Å². The molecule has 3 aliphatic rings. The summed E-state index contributed by atoms with van der Waals surface area (Å²) < 4.78 is 11.0. The van der Waals surface area contributed by atoms with Gasteiger partial charge in [0.25, 0.3) is 5.91 Å². The van der Waals surface area contributed by atoms with Crippen LogP contribution >= 0.6 is 0 Å². The fourth-order valence-electron chi connectivity index (χ4n) is 3.94. The molecule has 0 aromatic heterocycles. The van der Waals surface area contributed by atoms with E-state index in [0.717, 1.165) is 43.2 Å². The van der Waals surface area contributed by atoms with Crippen LogP contribution < -0.4 is 15.1 Å². The van der Waals surface area contributed by atoms with Gasteiger partial charge in [-0.25, -0.2) is 0 Å². The molecule has 1 aromatic carbocycles. The molecule has 0 spiro atoms. The van der Waals surface area contributed by atoms with E-state index in [1.54, 1.807) is 0 Å². The quantitative estimate of drug-likeness (QED) is 0.907. The van der Waals surface area contributed by atoms with E-state index in [2.05, 4.69) is 33.3 Å². The van der Waals surface area contributed by atoms with Crippen LogP contribution in [0.15, 0.2) is 18.2 Å². The molecule has 3 saturated heterocycles. The van der Waals surface area contributed by atoms with Crippen molar-refractivity contribution in [1.82, 2.24) is 0 Å². The number of hydrogen-bond acceptors (Lipinski definition) is 5. The SMILES string of the molecule is O=C(Nc1c(N2CCCC2)cccc1N1CCCC1)C1COCCO1. The largest absolute Gasteiger partial charge is 0.376 e. The average Bonchev–Trinajstić information content (AvgIpc) is 3.36. The zero-order valence-corrected chi connectivity index (χ0v) is 14.7. The van der Waals surface area contributed by atoms with Gasteiger partial charge in [0, 0.05) is 26.2 Å². The van der Waals surface area contributed by atoms with Gasteiger partial charge >= 0.3 is 0 Å². The summed E-state index contributed by atoms with van der Waals surface area (Å²) in [5, 5.41) is 3.18. The Hall–Kier alpha value is -1.79. The molecule has 1 N–H and O–H groups in total. The number of anilines is 3.